The fourth-order valence-corrected chi connectivity index (χ4v) is 1.92. The van der Waals surface area contributed by atoms with E-state index in [-0.39, 0.29) is 11.5 Å². The van der Waals surface area contributed by atoms with Crippen molar-refractivity contribution in [3.05, 3.63) is 28.8 Å². The van der Waals surface area contributed by atoms with Crippen LogP contribution in [0.25, 0.3) is 0 Å². The molecular weight excluding hydrogens is 280 g/mol. The van der Waals surface area contributed by atoms with E-state index in [0.29, 0.717) is 23.0 Å². The molecule has 1 atom stereocenters. The number of halogens is 1. The molecular formula is C14H19ClN2O3. The molecule has 0 aliphatic heterocycles. The normalized spacial score (nSPS) is 12.1. The number of nitrogens with one attached hydrogen (secondary N) is 1. The summed E-state index contributed by atoms with van der Waals surface area (Å²) in [6.07, 6.45) is 0.556. The molecule has 0 radical (unpaired) electrons. The highest BCUT2D eigenvalue weighted by Crippen LogP contribution is 2.22. The van der Waals surface area contributed by atoms with Gasteiger partial charge < -0.3 is 15.8 Å². The molecule has 0 saturated carbocycles. The van der Waals surface area contributed by atoms with Gasteiger partial charge in [-0.05, 0) is 30.5 Å². The van der Waals surface area contributed by atoms with E-state index in [2.05, 4.69) is 10.1 Å². The molecule has 5 nitrogen and oxygen atoms in total. The van der Waals surface area contributed by atoms with Crippen LogP contribution in [0.5, 0.6) is 0 Å². The van der Waals surface area contributed by atoms with Crippen LogP contribution in [0.1, 0.15) is 30.6 Å². The Hall–Kier alpha value is -1.59. The highest BCUT2D eigenvalue weighted by molar-refractivity contribution is 6.31. The molecule has 0 heterocycles. The Morgan fingerprint density at radius 2 is 2.05 bits per heavy atom. The summed E-state index contributed by atoms with van der Waals surface area (Å²) in [6, 6.07) is 3.91. The fraction of sp³-hybridized carbons (Fsp3) is 0.429. The first kappa shape index (κ1) is 16.5. The van der Waals surface area contributed by atoms with Gasteiger partial charge in [0.1, 0.15) is 0 Å². The SMILES string of the molecule is COC(=O)c1ccc(Cl)cc1NC(=O)[C@H](N)CC(C)C. The summed E-state index contributed by atoms with van der Waals surface area (Å²) in [7, 11) is 1.27. The number of rotatable bonds is 5. The van der Waals surface area contributed by atoms with Gasteiger partial charge in [-0.15, -0.1) is 0 Å². The quantitative estimate of drug-likeness (QED) is 0.818. The number of carbonyl (C=O) groups is 2. The van der Waals surface area contributed by atoms with Crippen LogP contribution in [0.15, 0.2) is 18.2 Å². The van der Waals surface area contributed by atoms with Crippen LogP contribution in [0.2, 0.25) is 5.02 Å². The number of nitrogens with two attached hydrogens (primary N) is 1. The molecule has 0 aliphatic rings. The summed E-state index contributed by atoms with van der Waals surface area (Å²) in [5.74, 6) is -0.601. The number of ether oxygens (including phenoxy) is 1. The minimum Gasteiger partial charge on any atom is -0.465 e. The Balaban J connectivity index is 2.93. The predicted octanol–water partition coefficient (Wildman–Crippen LogP) is 2.44. The van der Waals surface area contributed by atoms with Crippen molar-refractivity contribution in [1.29, 1.82) is 0 Å². The largest absolute Gasteiger partial charge is 0.465 e. The van der Waals surface area contributed by atoms with Gasteiger partial charge in [-0.1, -0.05) is 25.4 Å². The lowest BCUT2D eigenvalue weighted by molar-refractivity contribution is -0.117. The van der Waals surface area contributed by atoms with Crippen LogP contribution in [0, 0.1) is 5.92 Å². The first-order valence-electron chi connectivity index (χ1n) is 6.29. The van der Waals surface area contributed by atoms with Crippen LogP contribution in [0.3, 0.4) is 0 Å². The van der Waals surface area contributed by atoms with Crippen molar-refractivity contribution >= 4 is 29.2 Å². The van der Waals surface area contributed by atoms with Gasteiger partial charge in [-0.25, -0.2) is 4.79 Å². The molecule has 0 bridgehead atoms. The third-order valence-electron chi connectivity index (χ3n) is 2.71. The maximum absolute atomic E-state index is 12.0. The van der Waals surface area contributed by atoms with E-state index in [9.17, 15) is 9.59 Å². The average molecular weight is 299 g/mol. The summed E-state index contributed by atoms with van der Waals surface area (Å²) in [5, 5.41) is 3.03. The van der Waals surface area contributed by atoms with Crippen LogP contribution in [-0.2, 0) is 9.53 Å². The maximum Gasteiger partial charge on any atom is 0.339 e. The number of amides is 1. The zero-order valence-electron chi connectivity index (χ0n) is 11.8. The second-order valence-corrected chi connectivity index (χ2v) is 5.34. The van der Waals surface area contributed by atoms with Gasteiger partial charge in [0.15, 0.2) is 0 Å². The number of carbonyl (C=O) groups excluding carboxylic acids is 2. The molecule has 1 amide bonds. The number of methoxy groups -OCH3 is 1. The zero-order valence-corrected chi connectivity index (χ0v) is 12.5. The van der Waals surface area contributed by atoms with Crippen molar-refractivity contribution in [2.75, 3.05) is 12.4 Å². The van der Waals surface area contributed by atoms with Crippen molar-refractivity contribution in [1.82, 2.24) is 0 Å². The minimum absolute atomic E-state index is 0.238. The molecule has 3 N–H and O–H groups in total. The smallest absolute Gasteiger partial charge is 0.339 e. The Kier molecular flexibility index (Phi) is 5.98. The summed E-state index contributed by atoms with van der Waals surface area (Å²) in [5.41, 5.74) is 6.34. The van der Waals surface area contributed by atoms with Crippen LogP contribution < -0.4 is 11.1 Å². The van der Waals surface area contributed by atoms with Gasteiger partial charge in [0, 0.05) is 5.02 Å². The number of benzene rings is 1. The lowest BCUT2D eigenvalue weighted by atomic mass is 10.0. The molecule has 0 aliphatic carbocycles. The van der Waals surface area contributed by atoms with Crippen molar-refractivity contribution in [2.45, 2.75) is 26.3 Å². The first-order chi connectivity index (χ1) is 9.35. The maximum atomic E-state index is 12.0. The molecule has 0 saturated heterocycles. The zero-order chi connectivity index (χ0) is 15.3. The highest BCUT2D eigenvalue weighted by Gasteiger charge is 2.19. The van der Waals surface area contributed by atoms with Crippen molar-refractivity contribution in [2.24, 2.45) is 11.7 Å². The van der Waals surface area contributed by atoms with E-state index < -0.39 is 12.0 Å². The van der Waals surface area contributed by atoms with E-state index >= 15 is 0 Å². The number of hydrogen-bond donors (Lipinski definition) is 2. The predicted molar refractivity (Wildman–Crippen MR) is 78.9 cm³/mol. The first-order valence-corrected chi connectivity index (χ1v) is 6.67. The molecule has 1 aromatic carbocycles. The van der Waals surface area contributed by atoms with E-state index in [0.717, 1.165) is 0 Å². The molecule has 20 heavy (non-hydrogen) atoms. The van der Waals surface area contributed by atoms with Crippen LogP contribution in [0.4, 0.5) is 5.69 Å². The van der Waals surface area contributed by atoms with Gasteiger partial charge >= 0.3 is 5.97 Å². The van der Waals surface area contributed by atoms with Gasteiger partial charge in [-0.3, -0.25) is 4.79 Å². The van der Waals surface area contributed by atoms with E-state index in [4.69, 9.17) is 17.3 Å². The Morgan fingerprint density at radius 3 is 2.60 bits per heavy atom. The molecule has 6 heteroatoms. The second-order valence-electron chi connectivity index (χ2n) is 4.91. The molecule has 1 aromatic rings. The van der Waals surface area contributed by atoms with Crippen LogP contribution >= 0.6 is 11.6 Å². The number of hydrogen-bond acceptors (Lipinski definition) is 4. The summed E-state index contributed by atoms with van der Waals surface area (Å²) < 4.78 is 4.66. The third kappa shape index (κ3) is 4.51. The lowest BCUT2D eigenvalue weighted by Gasteiger charge is -2.16. The van der Waals surface area contributed by atoms with Gasteiger partial charge in [0.25, 0.3) is 0 Å². The van der Waals surface area contributed by atoms with E-state index in [1.54, 1.807) is 6.07 Å². The van der Waals surface area contributed by atoms with Crippen molar-refractivity contribution in [3.63, 3.8) is 0 Å². The summed E-state index contributed by atoms with van der Waals surface area (Å²) in [4.78, 5) is 23.6. The van der Waals surface area contributed by atoms with Gasteiger partial charge in [-0.2, -0.15) is 0 Å². The topological polar surface area (TPSA) is 81.4 Å². The highest BCUT2D eigenvalue weighted by atomic mass is 35.5. The fourth-order valence-electron chi connectivity index (χ4n) is 1.75. The number of esters is 1. The van der Waals surface area contributed by atoms with Crippen molar-refractivity contribution in [3.8, 4) is 0 Å². The Morgan fingerprint density at radius 1 is 1.40 bits per heavy atom. The van der Waals surface area contributed by atoms with E-state index in [1.165, 1.54) is 19.2 Å². The Bertz CT molecular complexity index is 503. The van der Waals surface area contributed by atoms with Gasteiger partial charge in [0.05, 0.1) is 24.4 Å². The van der Waals surface area contributed by atoms with Gasteiger partial charge in [0.2, 0.25) is 5.91 Å². The lowest BCUT2D eigenvalue weighted by Crippen LogP contribution is -2.37. The average Bonchev–Trinajstić information content (AvgIpc) is 2.37. The van der Waals surface area contributed by atoms with E-state index in [1.807, 2.05) is 13.8 Å². The molecule has 110 valence electrons. The standard InChI is InChI=1S/C14H19ClN2O3/c1-8(2)6-11(16)13(18)17-12-7-9(15)4-5-10(12)14(19)20-3/h4-5,7-8,11H,6,16H2,1-3H3,(H,17,18)/t11-/m1/s1. The summed E-state index contributed by atoms with van der Waals surface area (Å²) in [6.45, 7) is 3.96. The molecule has 0 unspecified atom stereocenters. The summed E-state index contributed by atoms with van der Waals surface area (Å²) >= 11 is 5.88. The molecule has 0 spiro atoms. The molecule has 1 rings (SSSR count). The second kappa shape index (κ2) is 7.26. The number of anilines is 1. The van der Waals surface area contributed by atoms with Crippen LogP contribution in [-0.4, -0.2) is 25.0 Å². The monoisotopic (exact) mass is 298 g/mol. The minimum atomic E-state index is -0.639. The molecule has 0 aromatic heterocycles. The Labute approximate surface area is 123 Å². The van der Waals surface area contributed by atoms with Crippen molar-refractivity contribution < 1.29 is 14.3 Å². The third-order valence-corrected chi connectivity index (χ3v) is 2.94. The molecule has 0 fully saturated rings.